The summed E-state index contributed by atoms with van der Waals surface area (Å²) in [4.78, 5) is 0. The first-order chi connectivity index (χ1) is 5.65. The number of hydrogen-bond donors (Lipinski definition) is 1. The van der Waals surface area contributed by atoms with Crippen molar-refractivity contribution in [2.24, 2.45) is 0 Å². The molecule has 1 N–H and O–H groups in total. The number of hydrogen-bond acceptors (Lipinski definition) is 4. The summed E-state index contributed by atoms with van der Waals surface area (Å²) in [5.74, 6) is 0. The van der Waals surface area contributed by atoms with Crippen molar-refractivity contribution in [2.75, 3.05) is 14.2 Å². The lowest BCUT2D eigenvalue weighted by molar-refractivity contribution is -0.163. The van der Waals surface area contributed by atoms with Crippen LogP contribution in [0.4, 0.5) is 0 Å². The fraction of sp³-hybridized carbons (Fsp3) is 0.625. The second kappa shape index (κ2) is 5.72. The molecule has 0 aliphatic rings. The third-order valence-corrected chi connectivity index (χ3v) is 1.39. The van der Waals surface area contributed by atoms with Crippen LogP contribution in [0.25, 0.3) is 0 Å². The number of methoxy groups -OCH3 is 2. The van der Waals surface area contributed by atoms with Crippen LogP contribution in [0.3, 0.4) is 0 Å². The molecule has 4 nitrogen and oxygen atoms in total. The van der Waals surface area contributed by atoms with Gasteiger partial charge in [0.05, 0.1) is 6.07 Å². The first-order valence-electron chi connectivity index (χ1n) is 3.47. The highest BCUT2D eigenvalue weighted by molar-refractivity contribution is 5.16. The third kappa shape index (κ3) is 3.49. The molecule has 12 heavy (non-hydrogen) atoms. The standard InChI is InChI=1S/C8H13NO3/c1-6(5-9)4-7(10)8(11-2)12-3/h7-8,10H,1,4H2,2-3H3/t7-/m0/s1. The van der Waals surface area contributed by atoms with E-state index in [4.69, 9.17) is 14.7 Å². The molecule has 68 valence electrons. The van der Waals surface area contributed by atoms with E-state index in [1.807, 2.05) is 6.07 Å². The Kier molecular flexibility index (Phi) is 5.30. The summed E-state index contributed by atoms with van der Waals surface area (Å²) in [5.41, 5.74) is 0.307. The second-order valence-electron chi connectivity index (χ2n) is 2.33. The molecular weight excluding hydrogens is 158 g/mol. The molecule has 0 aliphatic carbocycles. The molecule has 0 rings (SSSR count). The molecule has 0 aromatic carbocycles. The van der Waals surface area contributed by atoms with Gasteiger partial charge in [-0.05, 0) is 0 Å². The summed E-state index contributed by atoms with van der Waals surface area (Å²) < 4.78 is 9.57. The lowest BCUT2D eigenvalue weighted by atomic mass is 10.1. The van der Waals surface area contributed by atoms with Crippen molar-refractivity contribution in [1.29, 1.82) is 5.26 Å². The molecule has 0 bridgehead atoms. The topological polar surface area (TPSA) is 62.5 Å². The van der Waals surface area contributed by atoms with Crippen molar-refractivity contribution in [3.63, 3.8) is 0 Å². The van der Waals surface area contributed by atoms with Crippen molar-refractivity contribution >= 4 is 0 Å². The van der Waals surface area contributed by atoms with E-state index in [0.717, 1.165) is 0 Å². The molecule has 0 aromatic heterocycles. The molecule has 0 heterocycles. The third-order valence-electron chi connectivity index (χ3n) is 1.39. The molecule has 0 aromatic rings. The minimum Gasteiger partial charge on any atom is -0.387 e. The summed E-state index contributed by atoms with van der Waals surface area (Å²) in [6, 6.07) is 1.83. The highest BCUT2D eigenvalue weighted by Gasteiger charge is 2.18. The Morgan fingerprint density at radius 3 is 2.42 bits per heavy atom. The van der Waals surface area contributed by atoms with Gasteiger partial charge in [-0.15, -0.1) is 0 Å². The van der Waals surface area contributed by atoms with E-state index in [2.05, 4.69) is 6.58 Å². The maximum Gasteiger partial charge on any atom is 0.183 e. The van der Waals surface area contributed by atoms with Crippen LogP contribution in [0, 0.1) is 11.3 Å². The van der Waals surface area contributed by atoms with E-state index in [0.29, 0.717) is 5.57 Å². The van der Waals surface area contributed by atoms with Gasteiger partial charge in [-0.1, -0.05) is 6.58 Å². The predicted molar refractivity (Wildman–Crippen MR) is 43.2 cm³/mol. The average molecular weight is 171 g/mol. The van der Waals surface area contributed by atoms with Crippen LogP contribution in [-0.2, 0) is 9.47 Å². The Morgan fingerprint density at radius 1 is 1.58 bits per heavy atom. The Hall–Kier alpha value is -0.890. The van der Waals surface area contributed by atoms with Crippen molar-refractivity contribution in [3.8, 4) is 6.07 Å². The van der Waals surface area contributed by atoms with Crippen molar-refractivity contribution in [3.05, 3.63) is 12.2 Å². The smallest absolute Gasteiger partial charge is 0.183 e. The number of nitrogens with zero attached hydrogens (tertiary/aromatic N) is 1. The summed E-state index contributed by atoms with van der Waals surface area (Å²) in [6.45, 7) is 3.43. The predicted octanol–water partition coefficient (Wildman–Crippen LogP) is 0.436. The fourth-order valence-corrected chi connectivity index (χ4v) is 0.805. The van der Waals surface area contributed by atoms with Gasteiger partial charge >= 0.3 is 0 Å². The van der Waals surface area contributed by atoms with Crippen LogP contribution in [0.5, 0.6) is 0 Å². The number of rotatable bonds is 5. The zero-order valence-corrected chi connectivity index (χ0v) is 7.28. The fourth-order valence-electron chi connectivity index (χ4n) is 0.805. The van der Waals surface area contributed by atoms with Gasteiger partial charge in [0, 0.05) is 26.2 Å². The maximum absolute atomic E-state index is 9.35. The van der Waals surface area contributed by atoms with Crippen LogP contribution in [0.15, 0.2) is 12.2 Å². The normalized spacial score (nSPS) is 12.6. The largest absolute Gasteiger partial charge is 0.387 e. The van der Waals surface area contributed by atoms with Gasteiger partial charge in [-0.25, -0.2) is 0 Å². The molecular formula is C8H13NO3. The Labute approximate surface area is 72.0 Å². The van der Waals surface area contributed by atoms with Gasteiger partial charge in [0.25, 0.3) is 0 Å². The molecule has 0 amide bonds. The van der Waals surface area contributed by atoms with Gasteiger partial charge < -0.3 is 14.6 Å². The summed E-state index contributed by atoms with van der Waals surface area (Å²) in [7, 11) is 2.85. The van der Waals surface area contributed by atoms with Crippen LogP contribution >= 0.6 is 0 Å². The van der Waals surface area contributed by atoms with E-state index in [-0.39, 0.29) is 6.42 Å². The van der Waals surface area contributed by atoms with Crippen molar-refractivity contribution < 1.29 is 14.6 Å². The van der Waals surface area contributed by atoms with Crippen LogP contribution in [0.1, 0.15) is 6.42 Å². The van der Waals surface area contributed by atoms with Crippen LogP contribution in [0.2, 0.25) is 0 Å². The lowest BCUT2D eigenvalue weighted by Gasteiger charge is -2.18. The first-order valence-corrected chi connectivity index (χ1v) is 3.47. The van der Waals surface area contributed by atoms with E-state index >= 15 is 0 Å². The van der Waals surface area contributed by atoms with Gasteiger partial charge in [0.15, 0.2) is 6.29 Å². The Balaban J connectivity index is 3.93. The second-order valence-corrected chi connectivity index (χ2v) is 2.33. The SMILES string of the molecule is C=C(C#N)C[C@H](O)C(OC)OC. The summed E-state index contributed by atoms with van der Waals surface area (Å²) >= 11 is 0. The molecule has 0 radical (unpaired) electrons. The molecule has 0 saturated heterocycles. The van der Waals surface area contributed by atoms with Gasteiger partial charge in [-0.2, -0.15) is 5.26 Å². The monoisotopic (exact) mass is 171 g/mol. The van der Waals surface area contributed by atoms with Gasteiger partial charge in [-0.3, -0.25) is 0 Å². The Bertz CT molecular complexity index is 181. The Morgan fingerprint density at radius 2 is 2.08 bits per heavy atom. The summed E-state index contributed by atoms with van der Waals surface area (Å²) in [6.07, 6.45) is -1.37. The maximum atomic E-state index is 9.35. The number of aliphatic hydroxyl groups excluding tert-OH is 1. The van der Waals surface area contributed by atoms with E-state index in [1.165, 1.54) is 14.2 Å². The van der Waals surface area contributed by atoms with Gasteiger partial charge in [0.2, 0.25) is 0 Å². The molecule has 4 heteroatoms. The molecule has 0 spiro atoms. The van der Waals surface area contributed by atoms with Crippen LogP contribution in [-0.4, -0.2) is 31.7 Å². The minimum atomic E-state index is -0.841. The van der Waals surface area contributed by atoms with Crippen LogP contribution < -0.4 is 0 Å². The number of aliphatic hydroxyl groups is 1. The average Bonchev–Trinajstić information content (AvgIpc) is 2.06. The highest BCUT2D eigenvalue weighted by atomic mass is 16.7. The van der Waals surface area contributed by atoms with Crippen molar-refractivity contribution in [1.82, 2.24) is 0 Å². The molecule has 0 unspecified atom stereocenters. The van der Waals surface area contributed by atoms with E-state index in [1.54, 1.807) is 0 Å². The lowest BCUT2D eigenvalue weighted by Crippen LogP contribution is -2.29. The zero-order valence-electron chi connectivity index (χ0n) is 7.28. The molecule has 0 aliphatic heterocycles. The number of ether oxygens (including phenoxy) is 2. The number of nitriles is 1. The van der Waals surface area contributed by atoms with Crippen molar-refractivity contribution in [2.45, 2.75) is 18.8 Å². The molecule has 0 saturated carbocycles. The molecule has 1 atom stereocenters. The minimum absolute atomic E-state index is 0.169. The van der Waals surface area contributed by atoms with Gasteiger partial charge in [0.1, 0.15) is 6.10 Å². The van der Waals surface area contributed by atoms with E-state index < -0.39 is 12.4 Å². The van der Waals surface area contributed by atoms with E-state index in [9.17, 15) is 5.11 Å². The molecule has 0 fully saturated rings. The zero-order chi connectivity index (χ0) is 9.56. The highest BCUT2D eigenvalue weighted by Crippen LogP contribution is 2.08. The quantitative estimate of drug-likeness (QED) is 0.481. The summed E-state index contributed by atoms with van der Waals surface area (Å²) in [5, 5.41) is 17.7. The first kappa shape index (κ1) is 11.1.